The van der Waals surface area contributed by atoms with Crippen molar-refractivity contribution in [3.05, 3.63) is 46.2 Å². The first-order valence-corrected chi connectivity index (χ1v) is 6.49. The number of aliphatic hydroxyl groups is 3. The van der Waals surface area contributed by atoms with Gasteiger partial charge in [-0.1, -0.05) is 0 Å². The first-order chi connectivity index (χ1) is 9.16. The number of hydrogen-bond donors (Lipinski definition) is 4. The Hall–Kier alpha value is -1.78. The van der Waals surface area contributed by atoms with Crippen LogP contribution in [0.25, 0.3) is 5.57 Å². The second-order valence-electron chi connectivity index (χ2n) is 5.64. The molecule has 4 N–H and O–H groups in total. The average molecular weight is 276 g/mol. The van der Waals surface area contributed by atoms with Gasteiger partial charge >= 0.3 is 0 Å². The van der Waals surface area contributed by atoms with Crippen LogP contribution in [0.15, 0.2) is 29.5 Å². The molecule has 0 aromatic heterocycles. The number of aliphatic hydroxyl groups excluding tert-OH is 2. The summed E-state index contributed by atoms with van der Waals surface area (Å²) in [5, 5.41) is 40.3. The van der Waals surface area contributed by atoms with Crippen molar-refractivity contribution in [1.29, 1.82) is 0 Å². The number of aromatic hydroxyl groups is 1. The Morgan fingerprint density at radius 3 is 2.05 bits per heavy atom. The Kier molecular flexibility index (Phi) is 3.40. The smallest absolute Gasteiger partial charge is 0.148 e. The van der Waals surface area contributed by atoms with Crippen molar-refractivity contribution in [3.63, 3.8) is 0 Å². The summed E-state index contributed by atoms with van der Waals surface area (Å²) in [4.78, 5) is 0. The van der Waals surface area contributed by atoms with Gasteiger partial charge in [-0.3, -0.25) is 0 Å². The van der Waals surface area contributed by atoms with E-state index in [-0.39, 0.29) is 11.5 Å². The number of allylic oxidation sites excluding steroid dienone is 2. The monoisotopic (exact) mass is 276 g/mol. The summed E-state index contributed by atoms with van der Waals surface area (Å²) in [7, 11) is 0. The number of benzene rings is 1. The van der Waals surface area contributed by atoms with E-state index in [1.807, 2.05) is 0 Å². The van der Waals surface area contributed by atoms with Crippen LogP contribution in [0.1, 0.15) is 30.5 Å². The number of hydrogen-bond acceptors (Lipinski definition) is 4. The molecule has 0 aliphatic heterocycles. The van der Waals surface area contributed by atoms with E-state index in [1.165, 1.54) is 6.92 Å². The van der Waals surface area contributed by atoms with Gasteiger partial charge in [-0.15, -0.1) is 0 Å². The summed E-state index contributed by atoms with van der Waals surface area (Å²) in [5.41, 5.74) is 1.44. The number of phenols is 1. The van der Waals surface area contributed by atoms with Crippen LogP contribution in [0.2, 0.25) is 0 Å². The summed E-state index contributed by atoms with van der Waals surface area (Å²) < 4.78 is 0. The summed E-state index contributed by atoms with van der Waals surface area (Å²) in [6.45, 7) is 6.61. The van der Waals surface area contributed by atoms with Gasteiger partial charge in [0.2, 0.25) is 0 Å². The summed E-state index contributed by atoms with van der Waals surface area (Å²) in [6.07, 6.45) is 0.429. The van der Waals surface area contributed by atoms with Crippen LogP contribution in [0.4, 0.5) is 0 Å². The third-order valence-corrected chi connectivity index (χ3v) is 3.88. The van der Waals surface area contributed by atoms with Crippen LogP contribution >= 0.6 is 0 Å². The Morgan fingerprint density at radius 2 is 1.55 bits per heavy atom. The average Bonchev–Trinajstić information content (AvgIpc) is 2.38. The largest absolute Gasteiger partial charge is 0.509 e. The van der Waals surface area contributed by atoms with E-state index in [2.05, 4.69) is 0 Å². The van der Waals surface area contributed by atoms with Crippen molar-refractivity contribution in [2.24, 2.45) is 0 Å². The highest BCUT2D eigenvalue weighted by molar-refractivity contribution is 5.76. The molecule has 2 atom stereocenters. The molecule has 1 aliphatic rings. The minimum absolute atomic E-state index is 0.221. The molecular formula is C16H20O4. The van der Waals surface area contributed by atoms with Crippen molar-refractivity contribution < 1.29 is 20.4 Å². The first-order valence-electron chi connectivity index (χ1n) is 6.49. The fraction of sp³-hybridized carbons (Fsp3) is 0.375. The second kappa shape index (κ2) is 4.65. The third-order valence-electron chi connectivity index (χ3n) is 3.88. The van der Waals surface area contributed by atoms with Crippen LogP contribution in [0.3, 0.4) is 0 Å². The molecule has 0 fully saturated rings. The number of aryl methyl sites for hydroxylation is 2. The molecule has 4 heteroatoms. The van der Waals surface area contributed by atoms with Gasteiger partial charge in [0.1, 0.15) is 23.2 Å². The molecule has 0 heterocycles. The van der Waals surface area contributed by atoms with E-state index in [1.54, 1.807) is 39.0 Å². The lowest BCUT2D eigenvalue weighted by Crippen LogP contribution is -2.44. The standard InChI is InChI=1S/C16H20O4/c1-8-5-11(6-9(2)13(8)17)12-7-10(3)14(18)16(4,20)15(12)19/h5-7,15,17-20H,1-4H3. The Morgan fingerprint density at radius 1 is 1.05 bits per heavy atom. The van der Waals surface area contributed by atoms with Crippen molar-refractivity contribution >= 4 is 5.57 Å². The van der Waals surface area contributed by atoms with Crippen LogP contribution in [-0.2, 0) is 0 Å². The van der Waals surface area contributed by atoms with Crippen LogP contribution in [0.5, 0.6) is 5.75 Å². The van der Waals surface area contributed by atoms with Gasteiger partial charge in [0.15, 0.2) is 0 Å². The van der Waals surface area contributed by atoms with Gasteiger partial charge in [0, 0.05) is 0 Å². The molecule has 0 saturated heterocycles. The zero-order chi connectivity index (χ0) is 15.2. The quantitative estimate of drug-likeness (QED) is 0.634. The molecule has 2 unspecified atom stereocenters. The topological polar surface area (TPSA) is 80.9 Å². The summed E-state index contributed by atoms with van der Waals surface area (Å²) >= 11 is 0. The zero-order valence-electron chi connectivity index (χ0n) is 12.1. The number of phenolic OH excluding ortho intramolecular Hbond substituents is 1. The highest BCUT2D eigenvalue weighted by Crippen LogP contribution is 2.38. The lowest BCUT2D eigenvalue weighted by atomic mass is 9.80. The van der Waals surface area contributed by atoms with Crippen LogP contribution in [-0.4, -0.2) is 32.1 Å². The van der Waals surface area contributed by atoms with E-state index in [0.717, 1.165) is 5.56 Å². The molecule has 108 valence electrons. The van der Waals surface area contributed by atoms with Crippen LogP contribution < -0.4 is 0 Å². The highest BCUT2D eigenvalue weighted by Gasteiger charge is 2.41. The van der Waals surface area contributed by atoms with Crippen molar-refractivity contribution in [2.45, 2.75) is 39.4 Å². The van der Waals surface area contributed by atoms with E-state index in [4.69, 9.17) is 0 Å². The SMILES string of the molecule is CC1=C(O)C(C)(O)C(O)C(c2cc(C)c(O)c(C)c2)=C1. The van der Waals surface area contributed by atoms with Gasteiger partial charge < -0.3 is 20.4 Å². The molecule has 20 heavy (non-hydrogen) atoms. The van der Waals surface area contributed by atoms with Crippen molar-refractivity contribution in [3.8, 4) is 5.75 Å². The fourth-order valence-electron chi connectivity index (χ4n) is 2.58. The van der Waals surface area contributed by atoms with Crippen LogP contribution in [0, 0.1) is 13.8 Å². The number of rotatable bonds is 1. The maximum Gasteiger partial charge on any atom is 0.148 e. The van der Waals surface area contributed by atoms with Crippen molar-refractivity contribution in [1.82, 2.24) is 0 Å². The molecule has 0 bridgehead atoms. The molecule has 0 amide bonds. The fourth-order valence-corrected chi connectivity index (χ4v) is 2.58. The molecule has 2 rings (SSSR count). The molecule has 1 aliphatic carbocycles. The predicted molar refractivity (Wildman–Crippen MR) is 77.5 cm³/mol. The van der Waals surface area contributed by atoms with Gasteiger partial charge in [-0.2, -0.15) is 0 Å². The molecule has 0 radical (unpaired) electrons. The molecule has 4 nitrogen and oxygen atoms in total. The highest BCUT2D eigenvalue weighted by atomic mass is 16.4. The maximum atomic E-state index is 10.3. The molecular weight excluding hydrogens is 256 g/mol. The van der Waals surface area contributed by atoms with Crippen molar-refractivity contribution in [2.75, 3.05) is 0 Å². The minimum Gasteiger partial charge on any atom is -0.509 e. The Balaban J connectivity index is 2.61. The van der Waals surface area contributed by atoms with Gasteiger partial charge in [0.25, 0.3) is 0 Å². The van der Waals surface area contributed by atoms with E-state index in [9.17, 15) is 20.4 Å². The summed E-state index contributed by atoms with van der Waals surface area (Å²) in [6, 6.07) is 3.51. The van der Waals surface area contributed by atoms with Gasteiger partial charge in [-0.05, 0) is 73.7 Å². The Labute approximate surface area is 118 Å². The first kappa shape index (κ1) is 14.6. The third kappa shape index (κ3) is 2.11. The predicted octanol–water partition coefficient (Wildman–Crippen LogP) is 2.35. The normalized spacial score (nSPS) is 26.7. The van der Waals surface area contributed by atoms with Gasteiger partial charge in [-0.25, -0.2) is 0 Å². The minimum atomic E-state index is -1.71. The molecule has 0 spiro atoms. The molecule has 1 aromatic carbocycles. The zero-order valence-corrected chi connectivity index (χ0v) is 12.1. The second-order valence-corrected chi connectivity index (χ2v) is 5.64. The van der Waals surface area contributed by atoms with Gasteiger partial charge in [0.05, 0.1) is 0 Å². The lowest BCUT2D eigenvalue weighted by molar-refractivity contribution is -0.0339. The molecule has 0 saturated carbocycles. The van der Waals surface area contributed by atoms with E-state index >= 15 is 0 Å². The molecule has 1 aromatic rings. The van der Waals surface area contributed by atoms with E-state index < -0.39 is 11.7 Å². The van der Waals surface area contributed by atoms with E-state index in [0.29, 0.717) is 22.3 Å². The Bertz CT molecular complexity index is 600. The summed E-state index contributed by atoms with van der Waals surface area (Å²) in [5.74, 6) is 0.00231. The lowest BCUT2D eigenvalue weighted by Gasteiger charge is -2.34. The maximum absolute atomic E-state index is 10.3.